The van der Waals surface area contributed by atoms with Crippen LogP contribution in [0.4, 0.5) is 0 Å². The van der Waals surface area contributed by atoms with Gasteiger partial charge in [0.05, 0.1) is 5.92 Å². The molecule has 5 nitrogen and oxygen atoms in total. The highest BCUT2D eigenvalue weighted by atomic mass is 16.4. The fourth-order valence-electron chi connectivity index (χ4n) is 2.02. The van der Waals surface area contributed by atoms with Crippen molar-refractivity contribution in [3.05, 3.63) is 54.4 Å². The molecule has 1 aromatic carbocycles. The molecule has 0 bridgehead atoms. The highest BCUT2D eigenvalue weighted by Crippen LogP contribution is 2.10. The molecule has 0 aliphatic carbocycles. The Balaban J connectivity index is 1.98. The van der Waals surface area contributed by atoms with E-state index in [-0.39, 0.29) is 12.5 Å². The van der Waals surface area contributed by atoms with Gasteiger partial charge in [-0.2, -0.15) is 0 Å². The molecule has 0 radical (unpaired) electrons. The number of aliphatic carboxylic acids is 1. The largest absolute Gasteiger partial charge is 0.481 e. The number of hydrogen-bond donors (Lipinski definition) is 2. The van der Waals surface area contributed by atoms with E-state index in [0.717, 1.165) is 5.69 Å². The Bertz CT molecular complexity index is 603. The number of carbonyl (C=O) groups is 2. The highest BCUT2D eigenvalue weighted by molar-refractivity contribution is 5.94. The smallest absolute Gasteiger partial charge is 0.308 e. The van der Waals surface area contributed by atoms with Gasteiger partial charge in [0.1, 0.15) is 0 Å². The van der Waals surface area contributed by atoms with E-state index in [2.05, 4.69) is 5.32 Å². The molecule has 1 heterocycles. The Morgan fingerprint density at radius 2 is 1.81 bits per heavy atom. The number of nitrogens with one attached hydrogen (secondary N) is 1. The van der Waals surface area contributed by atoms with Gasteiger partial charge in [-0.3, -0.25) is 9.59 Å². The summed E-state index contributed by atoms with van der Waals surface area (Å²) in [5.41, 5.74) is 1.49. The van der Waals surface area contributed by atoms with E-state index in [1.54, 1.807) is 19.1 Å². The van der Waals surface area contributed by atoms with Gasteiger partial charge in [-0.1, -0.05) is 6.92 Å². The number of nitrogens with zero attached hydrogens (tertiary/aromatic N) is 1. The summed E-state index contributed by atoms with van der Waals surface area (Å²) in [6.07, 6.45) is 4.34. The third-order valence-corrected chi connectivity index (χ3v) is 3.38. The van der Waals surface area contributed by atoms with Gasteiger partial charge in [-0.15, -0.1) is 0 Å². The molecule has 21 heavy (non-hydrogen) atoms. The second-order valence-corrected chi connectivity index (χ2v) is 4.79. The van der Waals surface area contributed by atoms with Gasteiger partial charge in [0, 0.05) is 30.2 Å². The van der Waals surface area contributed by atoms with Gasteiger partial charge in [-0.25, -0.2) is 0 Å². The molecule has 1 aromatic heterocycles. The number of carbonyl (C=O) groups excluding carboxylic acids is 1. The Labute approximate surface area is 123 Å². The zero-order valence-corrected chi connectivity index (χ0v) is 11.8. The van der Waals surface area contributed by atoms with Gasteiger partial charge < -0.3 is 15.0 Å². The van der Waals surface area contributed by atoms with Crippen LogP contribution in [0.1, 0.15) is 23.7 Å². The standard InChI is InChI=1S/C16H18N2O3/c1-2-12(16(20)21)11-17-15(19)13-5-7-14(8-6-13)18-9-3-4-10-18/h3-10,12H,2,11H2,1H3,(H,17,19)(H,20,21). The van der Waals surface area contributed by atoms with Crippen molar-refractivity contribution in [1.82, 2.24) is 9.88 Å². The van der Waals surface area contributed by atoms with Gasteiger partial charge in [0.25, 0.3) is 5.91 Å². The highest BCUT2D eigenvalue weighted by Gasteiger charge is 2.16. The van der Waals surface area contributed by atoms with Crippen LogP contribution in [0.15, 0.2) is 48.8 Å². The molecule has 2 aromatic rings. The van der Waals surface area contributed by atoms with Crippen molar-refractivity contribution in [1.29, 1.82) is 0 Å². The number of rotatable bonds is 6. The van der Waals surface area contributed by atoms with Crippen molar-refractivity contribution in [2.45, 2.75) is 13.3 Å². The first-order valence-electron chi connectivity index (χ1n) is 6.86. The van der Waals surface area contributed by atoms with Crippen LogP contribution in [0.25, 0.3) is 5.69 Å². The van der Waals surface area contributed by atoms with Crippen LogP contribution in [-0.2, 0) is 4.79 Å². The second-order valence-electron chi connectivity index (χ2n) is 4.79. The second kappa shape index (κ2) is 6.74. The molecular weight excluding hydrogens is 268 g/mol. The lowest BCUT2D eigenvalue weighted by atomic mass is 10.1. The number of carboxylic acid groups (broad SMARTS) is 1. The van der Waals surface area contributed by atoms with Crippen molar-refractivity contribution in [3.63, 3.8) is 0 Å². The Kier molecular flexibility index (Phi) is 4.77. The van der Waals surface area contributed by atoms with Gasteiger partial charge in [-0.05, 0) is 42.8 Å². The summed E-state index contributed by atoms with van der Waals surface area (Å²) in [6.45, 7) is 1.93. The first kappa shape index (κ1) is 14.8. The lowest BCUT2D eigenvalue weighted by Crippen LogP contribution is -2.32. The first-order chi connectivity index (χ1) is 10.1. The average molecular weight is 286 g/mol. The van der Waals surface area contributed by atoms with Crippen LogP contribution in [-0.4, -0.2) is 28.1 Å². The molecule has 2 rings (SSSR count). The number of benzene rings is 1. The van der Waals surface area contributed by atoms with Crippen molar-refractivity contribution < 1.29 is 14.7 Å². The van der Waals surface area contributed by atoms with Crippen LogP contribution in [0.5, 0.6) is 0 Å². The molecule has 0 spiro atoms. The molecule has 0 aliphatic rings. The normalized spacial score (nSPS) is 11.9. The molecule has 0 saturated carbocycles. The lowest BCUT2D eigenvalue weighted by molar-refractivity contribution is -0.141. The zero-order chi connectivity index (χ0) is 15.2. The van der Waals surface area contributed by atoms with Crippen LogP contribution >= 0.6 is 0 Å². The predicted molar refractivity (Wildman–Crippen MR) is 79.5 cm³/mol. The fourth-order valence-corrected chi connectivity index (χ4v) is 2.02. The Morgan fingerprint density at radius 3 is 2.33 bits per heavy atom. The third-order valence-electron chi connectivity index (χ3n) is 3.38. The van der Waals surface area contributed by atoms with E-state index in [1.165, 1.54) is 0 Å². The SMILES string of the molecule is CCC(CNC(=O)c1ccc(-n2cccc2)cc1)C(=O)O. The molecule has 0 aliphatic heterocycles. The fraction of sp³-hybridized carbons (Fsp3) is 0.250. The zero-order valence-electron chi connectivity index (χ0n) is 11.8. The summed E-state index contributed by atoms with van der Waals surface area (Å²) in [5, 5.41) is 11.6. The quantitative estimate of drug-likeness (QED) is 0.856. The van der Waals surface area contributed by atoms with Crippen molar-refractivity contribution in [3.8, 4) is 5.69 Å². The summed E-state index contributed by atoms with van der Waals surface area (Å²) in [5.74, 6) is -1.69. The van der Waals surface area contributed by atoms with E-state index in [0.29, 0.717) is 12.0 Å². The van der Waals surface area contributed by atoms with Crippen LogP contribution in [0, 0.1) is 5.92 Å². The molecular formula is C16H18N2O3. The summed E-state index contributed by atoms with van der Waals surface area (Å²) in [7, 11) is 0. The molecule has 5 heteroatoms. The molecule has 1 amide bonds. The number of amides is 1. The maximum Gasteiger partial charge on any atom is 0.308 e. The van der Waals surface area contributed by atoms with Crippen LogP contribution in [0.3, 0.4) is 0 Å². The molecule has 2 N–H and O–H groups in total. The molecule has 0 fully saturated rings. The average Bonchev–Trinajstić information content (AvgIpc) is 3.01. The molecule has 1 atom stereocenters. The summed E-state index contributed by atoms with van der Waals surface area (Å²) in [6, 6.07) is 11.0. The monoisotopic (exact) mass is 286 g/mol. The topological polar surface area (TPSA) is 71.3 Å². The molecule has 1 unspecified atom stereocenters. The Morgan fingerprint density at radius 1 is 1.19 bits per heavy atom. The van der Waals surface area contributed by atoms with E-state index in [9.17, 15) is 9.59 Å². The van der Waals surface area contributed by atoms with Crippen molar-refractivity contribution in [2.24, 2.45) is 5.92 Å². The molecule has 0 saturated heterocycles. The number of hydrogen-bond acceptors (Lipinski definition) is 2. The van der Waals surface area contributed by atoms with Crippen LogP contribution < -0.4 is 5.32 Å². The van der Waals surface area contributed by atoms with E-state index in [4.69, 9.17) is 5.11 Å². The summed E-state index contributed by atoms with van der Waals surface area (Å²) < 4.78 is 1.94. The van der Waals surface area contributed by atoms with E-state index >= 15 is 0 Å². The Hall–Kier alpha value is -2.56. The summed E-state index contributed by atoms with van der Waals surface area (Å²) >= 11 is 0. The molecule has 110 valence electrons. The van der Waals surface area contributed by atoms with Gasteiger partial charge in [0.2, 0.25) is 0 Å². The first-order valence-corrected chi connectivity index (χ1v) is 6.86. The maximum absolute atomic E-state index is 12.0. The number of carboxylic acids is 1. The third kappa shape index (κ3) is 3.72. The van der Waals surface area contributed by atoms with Crippen molar-refractivity contribution >= 4 is 11.9 Å². The van der Waals surface area contributed by atoms with Gasteiger partial charge >= 0.3 is 5.97 Å². The minimum absolute atomic E-state index is 0.143. The van der Waals surface area contributed by atoms with Crippen molar-refractivity contribution in [2.75, 3.05) is 6.54 Å². The summed E-state index contributed by atoms with van der Waals surface area (Å²) in [4.78, 5) is 22.9. The lowest BCUT2D eigenvalue weighted by Gasteiger charge is -2.11. The van der Waals surface area contributed by atoms with E-state index in [1.807, 2.05) is 41.2 Å². The minimum Gasteiger partial charge on any atom is -0.481 e. The number of aromatic nitrogens is 1. The van der Waals surface area contributed by atoms with Crippen LogP contribution in [0.2, 0.25) is 0 Å². The minimum atomic E-state index is -0.888. The predicted octanol–water partition coefficient (Wildman–Crippen LogP) is 2.32. The maximum atomic E-state index is 12.0. The van der Waals surface area contributed by atoms with Gasteiger partial charge in [0.15, 0.2) is 0 Å². The van der Waals surface area contributed by atoms with E-state index < -0.39 is 11.9 Å².